The van der Waals surface area contributed by atoms with E-state index in [4.69, 9.17) is 14.7 Å². The first-order valence-electron chi connectivity index (χ1n) is 5.70. The maximum atomic E-state index is 8.86. The van der Waals surface area contributed by atoms with Crippen molar-refractivity contribution in [3.05, 3.63) is 41.3 Å². The van der Waals surface area contributed by atoms with Crippen molar-refractivity contribution in [1.82, 2.24) is 0 Å². The highest BCUT2D eigenvalue weighted by atomic mass is 32.1. The Morgan fingerprint density at radius 1 is 1.33 bits per heavy atom. The number of ether oxygens (including phenoxy) is 2. The van der Waals surface area contributed by atoms with E-state index in [0.717, 1.165) is 22.8 Å². The lowest BCUT2D eigenvalue weighted by atomic mass is 10.1. The van der Waals surface area contributed by atoms with Gasteiger partial charge in [0.15, 0.2) is 0 Å². The molecule has 0 amide bonds. The fraction of sp³-hybridized carbons (Fsp3) is 0.214. The lowest BCUT2D eigenvalue weighted by molar-refractivity contribution is 0.264. The van der Waals surface area contributed by atoms with E-state index in [9.17, 15) is 0 Å². The zero-order chi connectivity index (χ0) is 12.4. The molecular formula is C14H11NO2S. The third-order valence-electron chi connectivity index (χ3n) is 2.70. The summed E-state index contributed by atoms with van der Waals surface area (Å²) in [5, 5.41) is 8.86. The van der Waals surface area contributed by atoms with Crippen LogP contribution in [0.25, 0.3) is 10.4 Å². The molecule has 0 saturated carbocycles. The highest BCUT2D eigenvalue weighted by Crippen LogP contribution is 2.35. The summed E-state index contributed by atoms with van der Waals surface area (Å²) in [7, 11) is 0. The zero-order valence-electron chi connectivity index (χ0n) is 9.63. The number of benzene rings is 1. The quantitative estimate of drug-likeness (QED) is 0.791. The van der Waals surface area contributed by atoms with E-state index in [0.29, 0.717) is 11.5 Å². The van der Waals surface area contributed by atoms with Crippen molar-refractivity contribution in [1.29, 1.82) is 5.26 Å². The molecule has 1 aromatic carbocycles. The molecule has 1 aromatic heterocycles. The summed E-state index contributed by atoms with van der Waals surface area (Å²) in [4.78, 5) is 1.77. The predicted molar refractivity (Wildman–Crippen MR) is 69.7 cm³/mol. The Balaban J connectivity index is 1.87. The Morgan fingerprint density at radius 3 is 2.89 bits per heavy atom. The van der Waals surface area contributed by atoms with Crippen molar-refractivity contribution in [3.8, 4) is 22.3 Å². The maximum Gasteiger partial charge on any atom is 0.128 e. The lowest BCUT2D eigenvalue weighted by Gasteiger charge is -2.08. The number of epoxide rings is 1. The molecule has 1 aliphatic heterocycles. The van der Waals surface area contributed by atoms with Crippen LogP contribution in [0.2, 0.25) is 0 Å². The Morgan fingerprint density at radius 2 is 2.17 bits per heavy atom. The third-order valence-corrected chi connectivity index (χ3v) is 3.72. The van der Waals surface area contributed by atoms with E-state index < -0.39 is 0 Å². The smallest absolute Gasteiger partial charge is 0.128 e. The third kappa shape index (κ3) is 2.37. The van der Waals surface area contributed by atoms with E-state index in [1.165, 1.54) is 11.3 Å². The van der Waals surface area contributed by atoms with Gasteiger partial charge >= 0.3 is 0 Å². The number of nitrogens with zero attached hydrogens (tertiary/aromatic N) is 1. The number of para-hydroxylation sites is 1. The van der Waals surface area contributed by atoms with Gasteiger partial charge in [-0.2, -0.15) is 5.26 Å². The molecule has 2 aromatic rings. The average molecular weight is 257 g/mol. The van der Waals surface area contributed by atoms with Crippen LogP contribution in [0.15, 0.2) is 36.4 Å². The van der Waals surface area contributed by atoms with Gasteiger partial charge < -0.3 is 9.47 Å². The Kier molecular flexibility index (Phi) is 3.01. The van der Waals surface area contributed by atoms with Crippen molar-refractivity contribution < 1.29 is 9.47 Å². The van der Waals surface area contributed by atoms with Gasteiger partial charge in [-0.1, -0.05) is 12.1 Å². The maximum absolute atomic E-state index is 8.86. The van der Waals surface area contributed by atoms with Crippen LogP contribution in [0.5, 0.6) is 5.75 Å². The molecule has 0 spiro atoms. The average Bonchev–Trinajstić information content (AvgIpc) is 3.12. The molecule has 1 saturated heterocycles. The number of thiophene rings is 1. The predicted octanol–water partition coefficient (Wildman–Crippen LogP) is 3.06. The summed E-state index contributed by atoms with van der Waals surface area (Å²) in [6.07, 6.45) is 0.246. The molecule has 0 bridgehead atoms. The molecule has 1 aliphatic rings. The van der Waals surface area contributed by atoms with Gasteiger partial charge in [-0.05, 0) is 24.3 Å². The van der Waals surface area contributed by atoms with Crippen LogP contribution in [-0.4, -0.2) is 19.3 Å². The summed E-state index contributed by atoms with van der Waals surface area (Å²) in [6, 6.07) is 13.8. The molecule has 3 nitrogen and oxygen atoms in total. The van der Waals surface area contributed by atoms with Crippen LogP contribution in [-0.2, 0) is 4.74 Å². The topological polar surface area (TPSA) is 45.5 Å². The molecule has 90 valence electrons. The van der Waals surface area contributed by atoms with Crippen molar-refractivity contribution >= 4 is 11.3 Å². The Labute approximate surface area is 109 Å². The summed E-state index contributed by atoms with van der Waals surface area (Å²) in [5.74, 6) is 0.847. The Hall–Kier alpha value is -1.83. The van der Waals surface area contributed by atoms with Gasteiger partial charge in [0.2, 0.25) is 0 Å². The largest absolute Gasteiger partial charge is 0.490 e. The van der Waals surface area contributed by atoms with Gasteiger partial charge in [0, 0.05) is 10.4 Å². The minimum atomic E-state index is 0.246. The molecule has 4 heteroatoms. The van der Waals surface area contributed by atoms with Gasteiger partial charge in [0.1, 0.15) is 29.4 Å². The zero-order valence-corrected chi connectivity index (χ0v) is 10.4. The fourth-order valence-corrected chi connectivity index (χ4v) is 2.52. The normalized spacial score (nSPS) is 17.2. The molecule has 0 aliphatic carbocycles. The standard InChI is InChI=1S/C14H11NO2S/c15-7-11-5-6-14(18-11)12-3-1-2-4-13(12)17-9-10-8-16-10/h1-6,10H,8-9H2/t10-/m0/s1. The second-order valence-electron chi connectivity index (χ2n) is 4.04. The summed E-state index contributed by atoms with van der Waals surface area (Å²) < 4.78 is 10.9. The number of rotatable bonds is 4. The summed E-state index contributed by atoms with van der Waals surface area (Å²) >= 11 is 1.48. The van der Waals surface area contributed by atoms with Crippen LogP contribution >= 0.6 is 11.3 Å². The monoisotopic (exact) mass is 257 g/mol. The number of hydrogen-bond acceptors (Lipinski definition) is 4. The van der Waals surface area contributed by atoms with Crippen LogP contribution in [0.1, 0.15) is 4.88 Å². The van der Waals surface area contributed by atoms with Crippen molar-refractivity contribution in [3.63, 3.8) is 0 Å². The molecule has 0 N–H and O–H groups in total. The van der Waals surface area contributed by atoms with E-state index in [2.05, 4.69) is 6.07 Å². The molecule has 1 atom stereocenters. The van der Waals surface area contributed by atoms with Crippen LogP contribution < -0.4 is 4.74 Å². The van der Waals surface area contributed by atoms with Crippen LogP contribution in [0.3, 0.4) is 0 Å². The van der Waals surface area contributed by atoms with Gasteiger partial charge in [-0.25, -0.2) is 0 Å². The van der Waals surface area contributed by atoms with Crippen LogP contribution in [0, 0.1) is 11.3 Å². The molecule has 2 heterocycles. The first-order valence-corrected chi connectivity index (χ1v) is 6.52. The van der Waals surface area contributed by atoms with E-state index >= 15 is 0 Å². The van der Waals surface area contributed by atoms with Crippen molar-refractivity contribution in [2.75, 3.05) is 13.2 Å². The molecule has 1 fully saturated rings. The SMILES string of the molecule is N#Cc1ccc(-c2ccccc2OC[C@@H]2CO2)s1. The van der Waals surface area contributed by atoms with Gasteiger partial charge in [-0.15, -0.1) is 11.3 Å². The lowest BCUT2D eigenvalue weighted by Crippen LogP contribution is -2.04. The van der Waals surface area contributed by atoms with E-state index in [1.54, 1.807) is 0 Å². The second-order valence-corrected chi connectivity index (χ2v) is 5.12. The summed E-state index contributed by atoms with van der Waals surface area (Å²) in [6.45, 7) is 1.38. The highest BCUT2D eigenvalue weighted by molar-refractivity contribution is 7.16. The van der Waals surface area contributed by atoms with Gasteiger partial charge in [0.25, 0.3) is 0 Å². The first-order chi connectivity index (χ1) is 8.86. The highest BCUT2D eigenvalue weighted by Gasteiger charge is 2.23. The minimum Gasteiger partial charge on any atom is -0.490 e. The van der Waals surface area contributed by atoms with Gasteiger partial charge in [0.05, 0.1) is 6.61 Å². The van der Waals surface area contributed by atoms with Crippen LogP contribution in [0.4, 0.5) is 0 Å². The molecule has 0 radical (unpaired) electrons. The first kappa shape index (κ1) is 11.3. The number of hydrogen-bond donors (Lipinski definition) is 0. The minimum absolute atomic E-state index is 0.246. The van der Waals surface area contributed by atoms with E-state index in [-0.39, 0.29) is 6.10 Å². The Bertz CT molecular complexity index is 596. The molecular weight excluding hydrogens is 246 g/mol. The van der Waals surface area contributed by atoms with Crippen molar-refractivity contribution in [2.24, 2.45) is 0 Å². The molecule has 3 rings (SSSR count). The molecule has 18 heavy (non-hydrogen) atoms. The molecule has 0 unspecified atom stereocenters. The van der Waals surface area contributed by atoms with Gasteiger partial charge in [-0.3, -0.25) is 0 Å². The summed E-state index contributed by atoms with van der Waals surface area (Å²) in [5.41, 5.74) is 1.03. The van der Waals surface area contributed by atoms with E-state index in [1.807, 2.05) is 36.4 Å². The van der Waals surface area contributed by atoms with Crippen molar-refractivity contribution in [2.45, 2.75) is 6.10 Å². The second kappa shape index (κ2) is 4.81. The fourth-order valence-electron chi connectivity index (χ4n) is 1.69. The number of nitriles is 1.